The first kappa shape index (κ1) is 16.0. The third-order valence-corrected chi connectivity index (χ3v) is 4.44. The van der Waals surface area contributed by atoms with E-state index in [0.717, 1.165) is 22.2 Å². The summed E-state index contributed by atoms with van der Waals surface area (Å²) in [6.45, 7) is 0. The molecule has 0 spiro atoms. The Bertz CT molecular complexity index is 1070. The molecule has 3 aromatic heterocycles. The number of hydrogen-bond acceptors (Lipinski definition) is 4. The zero-order chi connectivity index (χ0) is 18.1. The second-order valence-electron chi connectivity index (χ2n) is 6.33. The quantitative estimate of drug-likeness (QED) is 0.571. The summed E-state index contributed by atoms with van der Waals surface area (Å²) in [5.74, 6) is -0.0412. The predicted octanol–water partition coefficient (Wildman–Crippen LogP) is 3.92. The molecule has 5 heteroatoms. The minimum atomic E-state index is -0.0412. The summed E-state index contributed by atoms with van der Waals surface area (Å²) in [6.07, 6.45) is 6.79. The summed E-state index contributed by atoms with van der Waals surface area (Å²) in [6, 6.07) is 13.7. The summed E-state index contributed by atoms with van der Waals surface area (Å²) in [7, 11) is 4.03. The van der Waals surface area contributed by atoms with Crippen molar-refractivity contribution in [3.8, 4) is 11.1 Å². The Kier molecular flexibility index (Phi) is 3.97. The molecule has 0 aliphatic carbocycles. The minimum Gasteiger partial charge on any atom is -0.378 e. The number of hydrogen-bond donors (Lipinski definition) is 1. The normalized spacial score (nSPS) is 10.8. The van der Waals surface area contributed by atoms with Gasteiger partial charge in [0.2, 0.25) is 0 Å². The maximum atomic E-state index is 12.8. The van der Waals surface area contributed by atoms with Crippen molar-refractivity contribution in [2.75, 3.05) is 19.0 Å². The van der Waals surface area contributed by atoms with Gasteiger partial charge in [-0.1, -0.05) is 12.1 Å². The second kappa shape index (κ2) is 6.44. The van der Waals surface area contributed by atoms with Gasteiger partial charge in [0.15, 0.2) is 5.78 Å². The number of aromatic amines is 1. The van der Waals surface area contributed by atoms with Gasteiger partial charge in [0.1, 0.15) is 5.65 Å². The highest BCUT2D eigenvalue weighted by atomic mass is 16.1. The van der Waals surface area contributed by atoms with Crippen LogP contribution in [-0.2, 0) is 0 Å². The van der Waals surface area contributed by atoms with E-state index < -0.39 is 0 Å². The first-order valence-electron chi connectivity index (χ1n) is 8.33. The van der Waals surface area contributed by atoms with E-state index >= 15 is 0 Å². The maximum Gasteiger partial charge on any atom is 0.195 e. The Morgan fingerprint density at radius 1 is 1.00 bits per heavy atom. The van der Waals surface area contributed by atoms with Gasteiger partial charge in [-0.2, -0.15) is 0 Å². The Morgan fingerprint density at radius 2 is 1.73 bits per heavy atom. The average Bonchev–Trinajstić information content (AvgIpc) is 3.11. The highest BCUT2D eigenvalue weighted by molar-refractivity contribution is 6.16. The number of aromatic nitrogens is 3. The number of fused-ring (bicyclic) bond motifs is 1. The number of benzene rings is 1. The molecule has 0 aliphatic heterocycles. The van der Waals surface area contributed by atoms with E-state index in [0.29, 0.717) is 16.8 Å². The molecule has 0 saturated carbocycles. The fourth-order valence-corrected chi connectivity index (χ4v) is 2.96. The van der Waals surface area contributed by atoms with Crippen molar-refractivity contribution in [3.05, 3.63) is 78.4 Å². The number of anilines is 1. The Labute approximate surface area is 151 Å². The number of ketones is 1. The van der Waals surface area contributed by atoms with E-state index in [1.165, 1.54) is 0 Å². The number of nitrogens with one attached hydrogen (secondary N) is 1. The molecule has 128 valence electrons. The molecule has 0 unspecified atom stereocenters. The van der Waals surface area contributed by atoms with Crippen LogP contribution in [0, 0.1) is 0 Å². The Hall–Kier alpha value is -3.47. The highest BCUT2D eigenvalue weighted by Gasteiger charge is 2.15. The van der Waals surface area contributed by atoms with Gasteiger partial charge in [0.05, 0.1) is 0 Å². The number of carbonyl (C=O) groups is 1. The number of rotatable bonds is 4. The molecule has 26 heavy (non-hydrogen) atoms. The van der Waals surface area contributed by atoms with E-state index in [1.807, 2.05) is 26.4 Å². The zero-order valence-corrected chi connectivity index (χ0v) is 14.6. The molecule has 1 aromatic carbocycles. The summed E-state index contributed by atoms with van der Waals surface area (Å²) in [5.41, 5.74) is 5.11. The van der Waals surface area contributed by atoms with Crippen molar-refractivity contribution >= 4 is 22.5 Å². The number of nitrogens with zero attached hydrogens (tertiary/aromatic N) is 3. The fourth-order valence-electron chi connectivity index (χ4n) is 2.96. The van der Waals surface area contributed by atoms with Gasteiger partial charge in [-0.05, 0) is 35.9 Å². The standard InChI is InChI=1S/C21H18N4O/c1-25(2)17-5-3-14(4-6-17)16-11-18-19(13-24-21(18)23-12-16)20(26)15-7-9-22-10-8-15/h3-13H,1-2H3,(H,23,24). The first-order chi connectivity index (χ1) is 12.6. The lowest BCUT2D eigenvalue weighted by molar-refractivity contribution is 0.104. The molecular formula is C21H18N4O. The Morgan fingerprint density at radius 3 is 2.42 bits per heavy atom. The molecule has 5 nitrogen and oxygen atoms in total. The van der Waals surface area contributed by atoms with Crippen LogP contribution in [0.25, 0.3) is 22.2 Å². The van der Waals surface area contributed by atoms with Crippen LogP contribution >= 0.6 is 0 Å². The lowest BCUT2D eigenvalue weighted by Gasteiger charge is -2.12. The number of pyridine rings is 2. The van der Waals surface area contributed by atoms with Crippen LogP contribution < -0.4 is 4.90 Å². The third kappa shape index (κ3) is 2.84. The minimum absolute atomic E-state index is 0.0412. The second-order valence-corrected chi connectivity index (χ2v) is 6.33. The van der Waals surface area contributed by atoms with E-state index in [-0.39, 0.29) is 5.78 Å². The largest absolute Gasteiger partial charge is 0.378 e. The lowest BCUT2D eigenvalue weighted by atomic mass is 10.0. The lowest BCUT2D eigenvalue weighted by Crippen LogP contribution is -2.07. The molecular weight excluding hydrogens is 324 g/mol. The summed E-state index contributed by atoms with van der Waals surface area (Å²) < 4.78 is 0. The van der Waals surface area contributed by atoms with Crippen molar-refractivity contribution < 1.29 is 4.79 Å². The molecule has 0 fully saturated rings. The predicted molar refractivity (Wildman–Crippen MR) is 104 cm³/mol. The van der Waals surface area contributed by atoms with Crippen LogP contribution in [0.1, 0.15) is 15.9 Å². The van der Waals surface area contributed by atoms with Crippen LogP contribution in [-0.4, -0.2) is 34.8 Å². The molecule has 0 saturated heterocycles. The van der Waals surface area contributed by atoms with E-state index in [9.17, 15) is 4.79 Å². The first-order valence-corrected chi connectivity index (χ1v) is 8.33. The van der Waals surface area contributed by atoms with Crippen molar-refractivity contribution in [1.82, 2.24) is 15.0 Å². The van der Waals surface area contributed by atoms with Gasteiger partial charge >= 0.3 is 0 Å². The van der Waals surface area contributed by atoms with Crippen LogP contribution in [0.3, 0.4) is 0 Å². The smallest absolute Gasteiger partial charge is 0.195 e. The van der Waals surface area contributed by atoms with Crippen molar-refractivity contribution in [2.45, 2.75) is 0 Å². The zero-order valence-electron chi connectivity index (χ0n) is 14.6. The van der Waals surface area contributed by atoms with Crippen molar-refractivity contribution in [2.24, 2.45) is 0 Å². The molecule has 1 N–H and O–H groups in total. The van der Waals surface area contributed by atoms with Crippen LogP contribution in [0.5, 0.6) is 0 Å². The van der Waals surface area contributed by atoms with Gasteiger partial charge < -0.3 is 9.88 Å². The van der Waals surface area contributed by atoms with Gasteiger partial charge in [-0.25, -0.2) is 4.98 Å². The number of carbonyl (C=O) groups excluding carboxylic acids is 1. The van der Waals surface area contributed by atoms with Crippen LogP contribution in [0.15, 0.2) is 67.3 Å². The van der Waals surface area contributed by atoms with E-state index in [2.05, 4.69) is 44.1 Å². The number of H-pyrrole nitrogens is 1. The molecule has 0 aliphatic rings. The average molecular weight is 342 g/mol. The maximum absolute atomic E-state index is 12.8. The van der Waals surface area contributed by atoms with Gasteiger partial charge in [0.25, 0.3) is 0 Å². The fraction of sp³-hybridized carbons (Fsp3) is 0.0952. The topological polar surface area (TPSA) is 61.9 Å². The Balaban J connectivity index is 1.76. The molecule has 4 rings (SSSR count). The van der Waals surface area contributed by atoms with Gasteiger partial charge in [-0.15, -0.1) is 0 Å². The molecule has 0 amide bonds. The van der Waals surface area contributed by atoms with E-state index in [1.54, 1.807) is 30.7 Å². The van der Waals surface area contributed by atoms with Gasteiger partial charge in [-0.3, -0.25) is 9.78 Å². The highest BCUT2D eigenvalue weighted by Crippen LogP contribution is 2.27. The molecule has 0 atom stereocenters. The van der Waals surface area contributed by atoms with Crippen LogP contribution in [0.2, 0.25) is 0 Å². The molecule has 3 heterocycles. The van der Waals surface area contributed by atoms with Crippen molar-refractivity contribution in [1.29, 1.82) is 0 Å². The van der Waals surface area contributed by atoms with Gasteiger partial charge in [0, 0.05) is 66.6 Å². The van der Waals surface area contributed by atoms with Crippen molar-refractivity contribution in [3.63, 3.8) is 0 Å². The summed E-state index contributed by atoms with van der Waals surface area (Å²) in [4.78, 5) is 26.4. The van der Waals surface area contributed by atoms with Crippen LogP contribution in [0.4, 0.5) is 5.69 Å². The molecule has 0 radical (unpaired) electrons. The monoisotopic (exact) mass is 342 g/mol. The molecule has 4 aromatic rings. The summed E-state index contributed by atoms with van der Waals surface area (Å²) >= 11 is 0. The van der Waals surface area contributed by atoms with E-state index in [4.69, 9.17) is 0 Å². The molecule has 0 bridgehead atoms. The third-order valence-electron chi connectivity index (χ3n) is 4.44. The SMILES string of the molecule is CN(C)c1ccc(-c2cnc3[nH]cc(C(=O)c4ccncc4)c3c2)cc1. The summed E-state index contributed by atoms with van der Waals surface area (Å²) in [5, 5.41) is 0.820.